The van der Waals surface area contributed by atoms with Crippen LogP contribution in [-0.2, 0) is 4.74 Å². The first-order valence-electron chi connectivity index (χ1n) is 3.96. The van der Waals surface area contributed by atoms with E-state index in [2.05, 4.69) is 5.16 Å². The molecule has 2 rings (SSSR count). The Balaban J connectivity index is 2.62. The minimum Gasteiger partial charge on any atom is -0.492 e. The van der Waals surface area contributed by atoms with Gasteiger partial charge in [0.2, 0.25) is 5.78 Å². The Labute approximate surface area is 79.3 Å². The quantitative estimate of drug-likeness (QED) is 0.662. The van der Waals surface area contributed by atoms with Crippen molar-refractivity contribution in [2.24, 2.45) is 0 Å². The molecule has 0 aliphatic heterocycles. The highest BCUT2D eigenvalue weighted by atomic mass is 16.5. The van der Waals surface area contributed by atoms with E-state index in [1.165, 1.54) is 7.11 Å². The molecule has 0 amide bonds. The number of carbonyl (C=O) groups excluding carboxylic acids is 2. The summed E-state index contributed by atoms with van der Waals surface area (Å²) < 4.78 is 9.52. The van der Waals surface area contributed by atoms with Crippen LogP contribution in [-0.4, -0.2) is 23.8 Å². The highest BCUT2D eigenvalue weighted by Gasteiger charge is 2.32. The first-order valence-corrected chi connectivity index (χ1v) is 3.96. The van der Waals surface area contributed by atoms with Gasteiger partial charge in [-0.25, -0.2) is 0 Å². The second-order valence-electron chi connectivity index (χ2n) is 2.87. The van der Waals surface area contributed by atoms with Crippen LogP contribution in [0.3, 0.4) is 0 Å². The maximum absolute atomic E-state index is 11.5. The van der Waals surface area contributed by atoms with E-state index in [1.54, 1.807) is 6.92 Å². The number of nitrogens with zero attached hydrogens (tertiary/aromatic N) is 1. The predicted octanol–water partition coefficient (Wildman–Crippen LogP) is 0.892. The van der Waals surface area contributed by atoms with Crippen molar-refractivity contribution in [1.29, 1.82) is 0 Å². The van der Waals surface area contributed by atoms with Gasteiger partial charge in [-0.3, -0.25) is 9.59 Å². The van der Waals surface area contributed by atoms with E-state index in [0.29, 0.717) is 5.76 Å². The number of aryl methyl sites for hydroxylation is 1. The van der Waals surface area contributed by atoms with E-state index in [9.17, 15) is 9.59 Å². The van der Waals surface area contributed by atoms with Gasteiger partial charge < -0.3 is 9.26 Å². The first-order chi connectivity index (χ1) is 6.65. The molecule has 0 radical (unpaired) electrons. The Morgan fingerprint density at radius 3 is 2.79 bits per heavy atom. The van der Waals surface area contributed by atoms with Crippen molar-refractivity contribution >= 4 is 11.6 Å². The number of allylic oxidation sites excluding steroid dienone is 2. The standard InChI is InChI=1S/C9H7NO4/c1-4-7-5(11)3-6(13-2)9(12)8(7)10-14-4/h3H,1-2H3. The molecule has 0 fully saturated rings. The number of hydrogen-bond acceptors (Lipinski definition) is 5. The van der Waals surface area contributed by atoms with Gasteiger partial charge >= 0.3 is 0 Å². The third kappa shape index (κ3) is 0.985. The monoisotopic (exact) mass is 193 g/mol. The molecule has 1 heterocycles. The first kappa shape index (κ1) is 8.68. The average Bonchev–Trinajstić information content (AvgIpc) is 2.54. The van der Waals surface area contributed by atoms with Gasteiger partial charge in [0, 0.05) is 6.08 Å². The highest BCUT2D eigenvalue weighted by Crippen LogP contribution is 2.23. The lowest BCUT2D eigenvalue weighted by molar-refractivity contribution is 0.0911. The molecule has 0 saturated heterocycles. The SMILES string of the molecule is COC1=CC(=O)c2c(noc2C)C1=O. The Morgan fingerprint density at radius 1 is 1.43 bits per heavy atom. The zero-order chi connectivity index (χ0) is 10.3. The van der Waals surface area contributed by atoms with E-state index >= 15 is 0 Å². The van der Waals surface area contributed by atoms with Gasteiger partial charge in [-0.1, -0.05) is 5.16 Å². The molecule has 1 aliphatic rings. The lowest BCUT2D eigenvalue weighted by Crippen LogP contribution is -2.17. The van der Waals surface area contributed by atoms with Crippen molar-refractivity contribution in [3.05, 3.63) is 28.9 Å². The maximum Gasteiger partial charge on any atom is 0.250 e. The van der Waals surface area contributed by atoms with E-state index in [0.717, 1.165) is 6.08 Å². The zero-order valence-electron chi connectivity index (χ0n) is 7.66. The normalized spacial score (nSPS) is 15.1. The molecule has 1 aromatic rings. The minimum absolute atomic E-state index is 0.00389. The molecule has 0 aromatic carbocycles. The predicted molar refractivity (Wildman–Crippen MR) is 45.0 cm³/mol. The van der Waals surface area contributed by atoms with E-state index in [4.69, 9.17) is 9.26 Å². The van der Waals surface area contributed by atoms with Crippen LogP contribution in [0.1, 0.15) is 26.6 Å². The number of methoxy groups -OCH3 is 1. The third-order valence-corrected chi connectivity index (χ3v) is 2.03. The van der Waals surface area contributed by atoms with Crippen LogP contribution in [0.15, 0.2) is 16.4 Å². The second kappa shape index (κ2) is 2.80. The van der Waals surface area contributed by atoms with Gasteiger partial charge in [0.05, 0.1) is 12.7 Å². The van der Waals surface area contributed by atoms with Crippen LogP contribution in [0.2, 0.25) is 0 Å². The molecular formula is C9H7NO4. The van der Waals surface area contributed by atoms with Gasteiger partial charge in [0.25, 0.3) is 0 Å². The molecule has 0 spiro atoms. The minimum atomic E-state index is -0.418. The lowest BCUT2D eigenvalue weighted by atomic mass is 9.99. The third-order valence-electron chi connectivity index (χ3n) is 2.03. The van der Waals surface area contributed by atoms with Gasteiger partial charge in [-0.15, -0.1) is 0 Å². The van der Waals surface area contributed by atoms with Gasteiger partial charge in [-0.05, 0) is 6.92 Å². The summed E-state index contributed by atoms with van der Waals surface area (Å²) in [4.78, 5) is 23.0. The number of aromatic nitrogens is 1. The summed E-state index contributed by atoms with van der Waals surface area (Å²) in [6.07, 6.45) is 1.15. The Kier molecular flexibility index (Phi) is 1.73. The molecule has 0 unspecified atom stereocenters. The zero-order valence-corrected chi connectivity index (χ0v) is 7.66. The second-order valence-corrected chi connectivity index (χ2v) is 2.87. The molecule has 1 aliphatic carbocycles. The fraction of sp³-hybridized carbons (Fsp3) is 0.222. The molecule has 1 aromatic heterocycles. The van der Waals surface area contributed by atoms with Crippen LogP contribution in [0, 0.1) is 6.92 Å². The number of ether oxygens (including phenoxy) is 1. The summed E-state index contributed by atoms with van der Waals surface area (Å²) >= 11 is 0. The molecule has 0 atom stereocenters. The molecule has 0 bridgehead atoms. The smallest absolute Gasteiger partial charge is 0.250 e. The fourth-order valence-electron chi connectivity index (χ4n) is 1.34. The molecule has 14 heavy (non-hydrogen) atoms. The van der Waals surface area contributed by atoms with E-state index < -0.39 is 5.78 Å². The van der Waals surface area contributed by atoms with Crippen LogP contribution in [0.5, 0.6) is 0 Å². The van der Waals surface area contributed by atoms with Gasteiger partial charge in [-0.2, -0.15) is 0 Å². The lowest BCUT2D eigenvalue weighted by Gasteiger charge is -2.07. The van der Waals surface area contributed by atoms with Crippen molar-refractivity contribution in [2.45, 2.75) is 6.92 Å². The average molecular weight is 193 g/mol. The fourth-order valence-corrected chi connectivity index (χ4v) is 1.34. The summed E-state index contributed by atoms with van der Waals surface area (Å²) in [6.45, 7) is 1.59. The van der Waals surface area contributed by atoms with E-state index in [-0.39, 0.29) is 22.8 Å². The number of ketones is 2. The van der Waals surface area contributed by atoms with Crippen molar-refractivity contribution in [1.82, 2.24) is 5.16 Å². The molecule has 72 valence electrons. The number of fused-ring (bicyclic) bond motifs is 1. The Hall–Kier alpha value is -1.91. The van der Waals surface area contributed by atoms with Crippen molar-refractivity contribution in [2.75, 3.05) is 7.11 Å². The molecule has 0 N–H and O–H groups in total. The number of rotatable bonds is 1. The van der Waals surface area contributed by atoms with Crippen LogP contribution in [0.4, 0.5) is 0 Å². The summed E-state index contributed by atoms with van der Waals surface area (Å²) in [7, 11) is 1.33. The molecular weight excluding hydrogens is 186 g/mol. The number of hydrogen-bond donors (Lipinski definition) is 0. The Morgan fingerprint density at radius 2 is 2.14 bits per heavy atom. The molecule has 5 nitrogen and oxygen atoms in total. The summed E-state index contributed by atoms with van der Waals surface area (Å²) in [5, 5.41) is 3.52. The summed E-state index contributed by atoms with van der Waals surface area (Å²) in [5.74, 6) is -0.380. The topological polar surface area (TPSA) is 69.4 Å². The van der Waals surface area contributed by atoms with Gasteiger partial charge in [0.15, 0.2) is 17.2 Å². The molecule has 0 saturated carbocycles. The molecule has 5 heteroatoms. The van der Waals surface area contributed by atoms with Crippen LogP contribution < -0.4 is 0 Å². The van der Waals surface area contributed by atoms with Crippen molar-refractivity contribution in [3.63, 3.8) is 0 Å². The van der Waals surface area contributed by atoms with Crippen molar-refractivity contribution in [3.8, 4) is 0 Å². The Bertz CT molecular complexity index is 455. The largest absolute Gasteiger partial charge is 0.492 e. The van der Waals surface area contributed by atoms with E-state index in [1.807, 2.05) is 0 Å². The van der Waals surface area contributed by atoms with Crippen molar-refractivity contribution < 1.29 is 18.8 Å². The van der Waals surface area contributed by atoms with Crippen LogP contribution in [0.25, 0.3) is 0 Å². The number of Topliss-reactive ketones (excluding diaryl/α,β-unsaturated/α-hetero) is 1. The summed E-state index contributed by atoms with van der Waals surface area (Å²) in [5.41, 5.74) is 0.266. The number of carbonyl (C=O) groups is 2. The van der Waals surface area contributed by atoms with Crippen LogP contribution >= 0.6 is 0 Å². The summed E-state index contributed by atoms with van der Waals surface area (Å²) in [6, 6.07) is 0. The van der Waals surface area contributed by atoms with Gasteiger partial charge in [0.1, 0.15) is 5.76 Å². The maximum atomic E-state index is 11.5. The highest BCUT2D eigenvalue weighted by molar-refractivity contribution is 6.23.